The number of anilines is 1. The van der Waals surface area contributed by atoms with Gasteiger partial charge in [0.15, 0.2) is 0 Å². The summed E-state index contributed by atoms with van der Waals surface area (Å²) in [7, 11) is 3.63. The lowest BCUT2D eigenvalue weighted by Crippen LogP contribution is -2.45. The largest absolute Gasteiger partial charge is 0.468 e. The maximum atomic E-state index is 11.4. The minimum atomic E-state index is -0.135. The van der Waals surface area contributed by atoms with Crippen molar-refractivity contribution < 1.29 is 9.53 Å². The molecule has 0 radical (unpaired) electrons. The molecule has 24 heavy (non-hydrogen) atoms. The van der Waals surface area contributed by atoms with Gasteiger partial charge in [0.2, 0.25) is 0 Å². The molecule has 2 aliphatic heterocycles. The number of para-hydroxylation sites is 1. The minimum absolute atomic E-state index is 0.135. The van der Waals surface area contributed by atoms with Gasteiger partial charge >= 0.3 is 5.97 Å². The van der Waals surface area contributed by atoms with Gasteiger partial charge in [0.1, 0.15) is 0 Å². The molecule has 0 bridgehead atoms. The van der Waals surface area contributed by atoms with Crippen molar-refractivity contribution >= 4 is 11.7 Å². The highest BCUT2D eigenvalue weighted by Gasteiger charge is 2.25. The number of ether oxygens (including phenoxy) is 1. The number of benzene rings is 1. The van der Waals surface area contributed by atoms with Crippen molar-refractivity contribution in [3.05, 3.63) is 29.8 Å². The Balaban J connectivity index is 1.48. The Hall–Kier alpha value is -1.59. The number of fused-ring (bicyclic) bond motifs is 1. The van der Waals surface area contributed by atoms with E-state index in [1.165, 1.54) is 24.8 Å². The second-order valence-corrected chi connectivity index (χ2v) is 7.00. The lowest BCUT2D eigenvalue weighted by atomic mass is 9.89. The first-order valence-electron chi connectivity index (χ1n) is 9.00. The van der Waals surface area contributed by atoms with Gasteiger partial charge in [-0.25, -0.2) is 0 Å². The zero-order chi connectivity index (χ0) is 16.9. The third-order valence-electron chi connectivity index (χ3n) is 5.42. The summed E-state index contributed by atoms with van der Waals surface area (Å²) >= 11 is 0. The van der Waals surface area contributed by atoms with E-state index >= 15 is 0 Å². The van der Waals surface area contributed by atoms with Crippen LogP contribution in [0, 0.1) is 0 Å². The van der Waals surface area contributed by atoms with Gasteiger partial charge in [0.05, 0.1) is 13.7 Å². The highest BCUT2D eigenvalue weighted by molar-refractivity contribution is 5.71. The molecule has 132 valence electrons. The molecule has 1 atom stereocenters. The smallest absolute Gasteiger partial charge is 0.319 e. The van der Waals surface area contributed by atoms with E-state index in [0.29, 0.717) is 18.5 Å². The maximum absolute atomic E-state index is 11.4. The fourth-order valence-corrected chi connectivity index (χ4v) is 3.87. The van der Waals surface area contributed by atoms with E-state index in [4.69, 9.17) is 4.74 Å². The zero-order valence-electron chi connectivity index (χ0n) is 14.8. The molecule has 2 aliphatic rings. The van der Waals surface area contributed by atoms with Gasteiger partial charge in [0, 0.05) is 50.9 Å². The van der Waals surface area contributed by atoms with Crippen LogP contribution in [0.1, 0.15) is 30.7 Å². The van der Waals surface area contributed by atoms with Gasteiger partial charge in [-0.15, -0.1) is 0 Å². The van der Waals surface area contributed by atoms with E-state index in [1.54, 1.807) is 0 Å². The first kappa shape index (κ1) is 17.2. The first-order chi connectivity index (χ1) is 11.7. The number of hydrogen-bond acceptors (Lipinski definition) is 5. The predicted molar refractivity (Wildman–Crippen MR) is 96.6 cm³/mol. The van der Waals surface area contributed by atoms with E-state index in [0.717, 1.165) is 39.0 Å². The SMILES string of the molecule is COC(=O)CN1CCC(NC[C@H]2CCN(C)c3ccccc32)CC1. The van der Waals surface area contributed by atoms with Crippen LogP contribution in [0.4, 0.5) is 5.69 Å². The monoisotopic (exact) mass is 331 g/mol. The molecule has 5 heteroatoms. The van der Waals surface area contributed by atoms with Gasteiger partial charge in [-0.1, -0.05) is 18.2 Å². The molecule has 0 aromatic heterocycles. The average molecular weight is 331 g/mol. The molecular formula is C19H29N3O2. The van der Waals surface area contributed by atoms with Crippen LogP contribution in [-0.4, -0.2) is 63.8 Å². The van der Waals surface area contributed by atoms with Crippen molar-refractivity contribution in [2.75, 3.05) is 51.8 Å². The fourth-order valence-electron chi connectivity index (χ4n) is 3.87. The summed E-state index contributed by atoms with van der Waals surface area (Å²) in [6.07, 6.45) is 3.41. The molecule has 3 rings (SSSR count). The summed E-state index contributed by atoms with van der Waals surface area (Å²) in [6.45, 7) is 4.53. The number of nitrogens with one attached hydrogen (secondary N) is 1. The van der Waals surface area contributed by atoms with Crippen LogP contribution in [0.25, 0.3) is 0 Å². The fraction of sp³-hybridized carbons (Fsp3) is 0.632. The van der Waals surface area contributed by atoms with Crippen molar-refractivity contribution in [1.82, 2.24) is 10.2 Å². The van der Waals surface area contributed by atoms with Crippen LogP contribution in [0.5, 0.6) is 0 Å². The van der Waals surface area contributed by atoms with Crippen molar-refractivity contribution in [2.24, 2.45) is 0 Å². The maximum Gasteiger partial charge on any atom is 0.319 e. The number of nitrogens with zero attached hydrogens (tertiary/aromatic N) is 2. The highest BCUT2D eigenvalue weighted by atomic mass is 16.5. The lowest BCUT2D eigenvalue weighted by Gasteiger charge is -2.36. The van der Waals surface area contributed by atoms with Crippen molar-refractivity contribution in [3.63, 3.8) is 0 Å². The zero-order valence-corrected chi connectivity index (χ0v) is 14.8. The summed E-state index contributed by atoms with van der Waals surface area (Å²) in [5, 5.41) is 3.77. The summed E-state index contributed by atoms with van der Waals surface area (Å²) in [5.74, 6) is 0.467. The second-order valence-electron chi connectivity index (χ2n) is 7.00. The van der Waals surface area contributed by atoms with Crippen molar-refractivity contribution in [1.29, 1.82) is 0 Å². The van der Waals surface area contributed by atoms with Crippen LogP contribution < -0.4 is 10.2 Å². The molecule has 0 aliphatic carbocycles. The number of methoxy groups -OCH3 is 1. The number of esters is 1. The normalized spacial score (nSPS) is 22.2. The standard InChI is InChI=1S/C19H29N3O2/c1-21-10-7-15(17-5-3-4-6-18(17)21)13-20-16-8-11-22(12-9-16)14-19(23)24-2/h3-6,15-16,20H,7-14H2,1-2H3/t15-/m1/s1. The first-order valence-corrected chi connectivity index (χ1v) is 9.00. The highest BCUT2D eigenvalue weighted by Crippen LogP contribution is 2.33. The molecule has 0 unspecified atom stereocenters. The Bertz CT molecular complexity index is 555. The van der Waals surface area contributed by atoms with Gasteiger partial charge in [0.25, 0.3) is 0 Å². The third-order valence-corrected chi connectivity index (χ3v) is 5.42. The van der Waals surface area contributed by atoms with E-state index in [-0.39, 0.29) is 5.97 Å². The van der Waals surface area contributed by atoms with Crippen LogP contribution in [0.15, 0.2) is 24.3 Å². The number of likely N-dealkylation sites (tertiary alicyclic amines) is 1. The molecule has 1 aromatic carbocycles. The van der Waals surface area contributed by atoms with Gasteiger partial charge in [-0.3, -0.25) is 9.69 Å². The van der Waals surface area contributed by atoms with E-state index in [2.05, 4.69) is 46.4 Å². The minimum Gasteiger partial charge on any atom is -0.468 e. The number of piperidine rings is 1. The van der Waals surface area contributed by atoms with Gasteiger partial charge in [-0.2, -0.15) is 0 Å². The van der Waals surface area contributed by atoms with Crippen molar-refractivity contribution in [2.45, 2.75) is 31.2 Å². The van der Waals surface area contributed by atoms with Crippen LogP contribution in [0.3, 0.4) is 0 Å². The van der Waals surface area contributed by atoms with Gasteiger partial charge in [-0.05, 0) is 30.9 Å². The Morgan fingerprint density at radius 1 is 1.21 bits per heavy atom. The molecule has 1 N–H and O–H groups in total. The molecule has 5 nitrogen and oxygen atoms in total. The van der Waals surface area contributed by atoms with E-state index in [1.807, 2.05) is 0 Å². The van der Waals surface area contributed by atoms with Crippen LogP contribution >= 0.6 is 0 Å². The molecule has 2 heterocycles. The summed E-state index contributed by atoms with van der Waals surface area (Å²) < 4.78 is 4.75. The Labute approximate surface area is 145 Å². The third kappa shape index (κ3) is 4.08. The predicted octanol–water partition coefficient (Wildman–Crippen LogP) is 1.84. The number of hydrogen-bond donors (Lipinski definition) is 1. The Morgan fingerprint density at radius 3 is 2.71 bits per heavy atom. The number of carbonyl (C=O) groups is 1. The molecule has 0 spiro atoms. The van der Waals surface area contributed by atoms with Gasteiger partial charge < -0.3 is 15.0 Å². The van der Waals surface area contributed by atoms with E-state index < -0.39 is 0 Å². The Morgan fingerprint density at radius 2 is 1.96 bits per heavy atom. The lowest BCUT2D eigenvalue weighted by molar-refractivity contribution is -0.142. The molecule has 1 saturated heterocycles. The van der Waals surface area contributed by atoms with E-state index in [9.17, 15) is 4.79 Å². The molecule has 0 saturated carbocycles. The molecule has 1 fully saturated rings. The molecule has 0 amide bonds. The van der Waals surface area contributed by atoms with Crippen LogP contribution in [-0.2, 0) is 9.53 Å². The van der Waals surface area contributed by atoms with Crippen molar-refractivity contribution in [3.8, 4) is 0 Å². The second kappa shape index (κ2) is 7.99. The topological polar surface area (TPSA) is 44.8 Å². The molecular weight excluding hydrogens is 302 g/mol. The Kier molecular flexibility index (Phi) is 5.74. The average Bonchev–Trinajstić information content (AvgIpc) is 2.62. The quantitative estimate of drug-likeness (QED) is 0.834. The summed E-state index contributed by atoms with van der Waals surface area (Å²) in [4.78, 5) is 15.9. The summed E-state index contributed by atoms with van der Waals surface area (Å²) in [5.41, 5.74) is 2.85. The van der Waals surface area contributed by atoms with Crippen LogP contribution in [0.2, 0.25) is 0 Å². The number of carbonyl (C=O) groups excluding carboxylic acids is 1. The summed E-state index contributed by atoms with van der Waals surface area (Å²) in [6, 6.07) is 9.34. The molecule has 1 aromatic rings. The number of rotatable bonds is 5.